The van der Waals surface area contributed by atoms with E-state index in [9.17, 15) is 4.79 Å². The first kappa shape index (κ1) is 14.8. The fourth-order valence-corrected chi connectivity index (χ4v) is 2.66. The summed E-state index contributed by atoms with van der Waals surface area (Å²) in [5.41, 5.74) is 0.223. The zero-order chi connectivity index (χ0) is 14.4. The van der Waals surface area contributed by atoms with Gasteiger partial charge in [0, 0.05) is 10.6 Å². The van der Waals surface area contributed by atoms with E-state index < -0.39 is 5.97 Å². The molecule has 104 valence electrons. The molecule has 0 saturated carbocycles. The number of aromatic carboxylic acids is 1. The van der Waals surface area contributed by atoms with Gasteiger partial charge in [0.05, 0.1) is 17.2 Å². The number of carboxylic acid groups (broad SMARTS) is 1. The average molecular weight is 309 g/mol. The molecule has 0 radical (unpaired) electrons. The maximum absolute atomic E-state index is 10.8. The molecule has 5 heteroatoms. The summed E-state index contributed by atoms with van der Waals surface area (Å²) in [4.78, 5) is 11.8. The molecule has 1 N–H and O–H groups in total. The monoisotopic (exact) mass is 308 g/mol. The summed E-state index contributed by atoms with van der Waals surface area (Å²) in [6.45, 7) is 0.485. The van der Waals surface area contributed by atoms with Crippen molar-refractivity contribution in [1.82, 2.24) is 0 Å². The molecule has 0 heterocycles. The fraction of sp³-hybridized carbons (Fsp3) is 0.133. The molecular formula is C15H13ClO3S. The van der Waals surface area contributed by atoms with E-state index in [0.29, 0.717) is 12.4 Å². The minimum atomic E-state index is -0.958. The van der Waals surface area contributed by atoms with Crippen LogP contribution in [0.4, 0.5) is 0 Å². The van der Waals surface area contributed by atoms with Gasteiger partial charge in [0.1, 0.15) is 5.75 Å². The Bertz CT molecular complexity index is 601. The lowest BCUT2D eigenvalue weighted by Crippen LogP contribution is -2.02. The summed E-state index contributed by atoms with van der Waals surface area (Å²) >= 11 is 7.65. The van der Waals surface area contributed by atoms with Crippen molar-refractivity contribution in [3.8, 4) is 5.75 Å². The van der Waals surface area contributed by atoms with Crippen LogP contribution >= 0.6 is 23.4 Å². The lowest BCUT2D eigenvalue weighted by atomic mass is 10.2. The number of hydrogen-bond donors (Lipinski definition) is 1. The van der Waals surface area contributed by atoms with Crippen LogP contribution in [0.2, 0.25) is 5.02 Å². The maximum Gasteiger partial charge on any atom is 0.335 e. The third kappa shape index (κ3) is 4.18. The molecule has 2 aromatic carbocycles. The number of halogens is 1. The molecule has 0 aromatic heterocycles. The second-order valence-corrected chi connectivity index (χ2v) is 5.50. The first-order chi connectivity index (χ1) is 9.66. The Morgan fingerprint density at radius 3 is 2.75 bits per heavy atom. The minimum Gasteiger partial charge on any atom is -0.493 e. The summed E-state index contributed by atoms with van der Waals surface area (Å²) in [6, 6.07) is 14.1. The first-order valence-electron chi connectivity index (χ1n) is 6.00. The van der Waals surface area contributed by atoms with Crippen molar-refractivity contribution >= 4 is 29.3 Å². The van der Waals surface area contributed by atoms with Gasteiger partial charge in [-0.2, -0.15) is 0 Å². The molecule has 0 fully saturated rings. The average Bonchev–Trinajstić information content (AvgIpc) is 2.45. The van der Waals surface area contributed by atoms with E-state index in [1.165, 1.54) is 12.1 Å². The van der Waals surface area contributed by atoms with Gasteiger partial charge in [-0.1, -0.05) is 29.8 Å². The second kappa shape index (κ2) is 7.22. The Balaban J connectivity index is 1.83. The topological polar surface area (TPSA) is 46.5 Å². The van der Waals surface area contributed by atoms with Crippen molar-refractivity contribution in [2.75, 3.05) is 12.4 Å². The zero-order valence-electron chi connectivity index (χ0n) is 10.6. The Hall–Kier alpha value is -1.65. The van der Waals surface area contributed by atoms with Gasteiger partial charge in [-0.25, -0.2) is 4.79 Å². The first-order valence-corrected chi connectivity index (χ1v) is 7.36. The maximum atomic E-state index is 10.8. The van der Waals surface area contributed by atoms with Gasteiger partial charge in [0.2, 0.25) is 0 Å². The predicted octanol–water partition coefficient (Wildman–Crippen LogP) is 4.21. The van der Waals surface area contributed by atoms with Crippen LogP contribution in [0.1, 0.15) is 10.4 Å². The van der Waals surface area contributed by atoms with Gasteiger partial charge >= 0.3 is 5.97 Å². The molecule has 0 bridgehead atoms. The molecule has 0 aliphatic heterocycles. The van der Waals surface area contributed by atoms with Gasteiger partial charge in [-0.3, -0.25) is 0 Å². The van der Waals surface area contributed by atoms with Crippen LogP contribution in [0, 0.1) is 0 Å². The molecule has 0 amide bonds. The number of rotatable bonds is 6. The molecule has 0 atom stereocenters. The van der Waals surface area contributed by atoms with Crippen LogP contribution in [0.5, 0.6) is 5.75 Å². The molecule has 2 aromatic rings. The fourth-order valence-electron chi connectivity index (χ4n) is 1.59. The summed E-state index contributed by atoms with van der Waals surface area (Å²) < 4.78 is 5.53. The van der Waals surface area contributed by atoms with Crippen molar-refractivity contribution in [3.63, 3.8) is 0 Å². The Kier molecular flexibility index (Phi) is 5.32. The van der Waals surface area contributed by atoms with Crippen LogP contribution in [0.15, 0.2) is 53.4 Å². The van der Waals surface area contributed by atoms with Crippen LogP contribution < -0.4 is 4.74 Å². The highest BCUT2D eigenvalue weighted by atomic mass is 35.5. The van der Waals surface area contributed by atoms with Crippen molar-refractivity contribution in [2.24, 2.45) is 0 Å². The van der Waals surface area contributed by atoms with Gasteiger partial charge in [0.25, 0.3) is 0 Å². The van der Waals surface area contributed by atoms with Gasteiger partial charge in [-0.05, 0) is 30.3 Å². The summed E-state index contributed by atoms with van der Waals surface area (Å²) in [5, 5.41) is 9.61. The number of hydrogen-bond acceptors (Lipinski definition) is 3. The van der Waals surface area contributed by atoms with Crippen LogP contribution in [0.25, 0.3) is 0 Å². The Morgan fingerprint density at radius 2 is 2.00 bits per heavy atom. The van der Waals surface area contributed by atoms with E-state index >= 15 is 0 Å². The smallest absolute Gasteiger partial charge is 0.335 e. The third-order valence-corrected chi connectivity index (χ3v) is 4.01. The normalized spacial score (nSPS) is 10.2. The number of thioether (sulfide) groups is 1. The third-order valence-electron chi connectivity index (χ3n) is 2.53. The number of carboxylic acids is 1. The van der Waals surface area contributed by atoms with Crippen LogP contribution in [0.3, 0.4) is 0 Å². The van der Waals surface area contributed by atoms with Crippen molar-refractivity contribution in [3.05, 3.63) is 59.1 Å². The van der Waals surface area contributed by atoms with Gasteiger partial charge < -0.3 is 9.84 Å². The van der Waals surface area contributed by atoms with Crippen LogP contribution in [-0.4, -0.2) is 23.4 Å². The molecule has 2 rings (SSSR count). The van der Waals surface area contributed by atoms with E-state index in [0.717, 1.165) is 15.7 Å². The van der Waals surface area contributed by atoms with Crippen molar-refractivity contribution in [1.29, 1.82) is 0 Å². The second-order valence-electron chi connectivity index (χ2n) is 3.96. The highest BCUT2D eigenvalue weighted by molar-refractivity contribution is 7.99. The molecule has 0 aliphatic rings. The Labute approximate surface area is 126 Å². The van der Waals surface area contributed by atoms with Gasteiger partial charge in [0.15, 0.2) is 0 Å². The zero-order valence-corrected chi connectivity index (χ0v) is 12.2. The highest BCUT2D eigenvalue weighted by Gasteiger charge is 2.04. The van der Waals surface area contributed by atoms with Crippen molar-refractivity contribution < 1.29 is 14.6 Å². The quantitative estimate of drug-likeness (QED) is 0.641. The molecule has 0 spiro atoms. The van der Waals surface area contributed by atoms with E-state index in [4.69, 9.17) is 21.4 Å². The number of benzene rings is 2. The molecule has 0 saturated heterocycles. The molecular weight excluding hydrogens is 296 g/mol. The predicted molar refractivity (Wildman–Crippen MR) is 81.1 cm³/mol. The molecule has 3 nitrogen and oxygen atoms in total. The van der Waals surface area contributed by atoms with E-state index in [1.807, 2.05) is 24.3 Å². The largest absolute Gasteiger partial charge is 0.493 e. The molecule has 20 heavy (non-hydrogen) atoms. The SMILES string of the molecule is O=C(O)c1cccc(OCCSc2ccccc2Cl)c1. The standard InChI is InChI=1S/C15H13ClO3S/c16-13-6-1-2-7-14(13)20-9-8-19-12-5-3-4-11(10-12)15(17)18/h1-7,10H,8-9H2,(H,17,18). The lowest BCUT2D eigenvalue weighted by Gasteiger charge is -2.07. The lowest BCUT2D eigenvalue weighted by molar-refractivity contribution is 0.0696. The minimum absolute atomic E-state index is 0.223. The van der Waals surface area contributed by atoms with E-state index in [2.05, 4.69) is 0 Å². The van der Waals surface area contributed by atoms with E-state index in [1.54, 1.807) is 23.9 Å². The van der Waals surface area contributed by atoms with Crippen molar-refractivity contribution in [2.45, 2.75) is 4.90 Å². The Morgan fingerprint density at radius 1 is 1.20 bits per heavy atom. The number of carbonyl (C=O) groups is 1. The van der Waals surface area contributed by atoms with Crippen LogP contribution in [-0.2, 0) is 0 Å². The highest BCUT2D eigenvalue weighted by Crippen LogP contribution is 2.26. The summed E-state index contributed by atoms with van der Waals surface area (Å²) in [6.07, 6.45) is 0. The summed E-state index contributed by atoms with van der Waals surface area (Å²) in [5.74, 6) is 0.339. The molecule has 0 aliphatic carbocycles. The molecule has 0 unspecified atom stereocenters. The van der Waals surface area contributed by atoms with Gasteiger partial charge in [-0.15, -0.1) is 11.8 Å². The van der Waals surface area contributed by atoms with E-state index in [-0.39, 0.29) is 5.56 Å². The summed E-state index contributed by atoms with van der Waals surface area (Å²) in [7, 11) is 0. The number of ether oxygens (including phenoxy) is 1.